The van der Waals surface area contributed by atoms with Crippen molar-refractivity contribution in [1.29, 1.82) is 0 Å². The zero-order chi connectivity index (χ0) is 4.50. The van der Waals surface area contributed by atoms with Crippen LogP contribution in [0.2, 0.25) is 0 Å². The maximum absolute atomic E-state index is 8.59. The summed E-state index contributed by atoms with van der Waals surface area (Å²) >= 11 is -5.75. The molecule has 0 aromatic rings. The Morgan fingerprint density at radius 3 is 1.17 bits per heavy atom. The molecule has 0 spiro atoms. The van der Waals surface area contributed by atoms with Crippen LogP contribution in [-0.2, 0) is 7.67 Å². The van der Waals surface area contributed by atoms with Crippen molar-refractivity contribution in [2.24, 2.45) is 0 Å². The van der Waals surface area contributed by atoms with Gasteiger partial charge >= 0.3 is 52.5 Å². The molecular weight excluding hydrogens is 167 g/mol. The van der Waals surface area contributed by atoms with E-state index in [-0.39, 0.29) is 23.1 Å². The first-order valence-corrected chi connectivity index (χ1v) is 3.46. The van der Waals surface area contributed by atoms with Crippen LogP contribution in [0.4, 0.5) is 0 Å². The molecule has 0 saturated heterocycles. The second-order valence-corrected chi connectivity index (χ2v) is 2.12. The minimum atomic E-state index is -5.75. The molecule has 0 aliphatic rings. The van der Waals surface area contributed by atoms with Crippen molar-refractivity contribution in [3.8, 4) is 0 Å². The van der Waals surface area contributed by atoms with Gasteiger partial charge in [0, 0.05) is 0 Å². The Morgan fingerprint density at radius 2 is 1.17 bits per heavy atom. The Morgan fingerprint density at radius 1 is 1.17 bits per heavy atom. The van der Waals surface area contributed by atoms with Crippen LogP contribution >= 0.6 is 0 Å². The van der Waals surface area contributed by atoms with Crippen molar-refractivity contribution < 1.29 is 16.0 Å². The Balaban J connectivity index is 0. The zero-order valence-electron chi connectivity index (χ0n) is 2.75. The van der Waals surface area contributed by atoms with Crippen LogP contribution in [0.15, 0.2) is 0 Å². The minimum Gasteiger partial charge on any atom is 2.00 e. The molecule has 6 heteroatoms. The molecule has 0 atom stereocenters. The van der Waals surface area contributed by atoms with Crippen LogP contribution in [0.5, 0.6) is 0 Å². The third-order valence-electron chi connectivity index (χ3n) is 0. The largest absolute Gasteiger partial charge is 2.00 e. The zero-order valence-corrected chi connectivity index (χ0v) is 5.88. The summed E-state index contributed by atoms with van der Waals surface area (Å²) in [6.45, 7) is 0. The van der Waals surface area contributed by atoms with Crippen molar-refractivity contribution in [2.45, 2.75) is 0 Å². The quantitative estimate of drug-likeness (QED) is 0.353. The Hall–Kier alpha value is 0.806. The molecule has 4 nitrogen and oxygen atoms in total. The summed E-state index contributed by atoms with van der Waals surface area (Å²) in [6.07, 6.45) is 0. The fourth-order valence-electron chi connectivity index (χ4n) is 0. The van der Waals surface area contributed by atoms with Gasteiger partial charge in [-0.2, -0.15) is 0 Å². The molecule has 0 fully saturated rings. The average molecular weight is 167 g/mol. The third-order valence-corrected chi connectivity index (χ3v) is 0. The first-order valence-electron chi connectivity index (χ1n) is 0.667. The normalized spacial score (nSPS) is 9.67. The van der Waals surface area contributed by atoms with Gasteiger partial charge in [0.05, 0.1) is 0 Å². The van der Waals surface area contributed by atoms with Gasteiger partial charge in [0.2, 0.25) is 0 Å². The number of rotatable bonds is 0. The molecule has 0 radical (unpaired) electrons. The van der Waals surface area contributed by atoms with E-state index in [1.807, 2.05) is 0 Å². The van der Waals surface area contributed by atoms with E-state index in [0.717, 1.165) is 0 Å². The molecule has 0 aliphatic heterocycles. The molecule has 0 unspecified atom stereocenters. The smallest absolute Gasteiger partial charge is 2.00 e. The topological polar surface area (TPSA) is 80.3 Å². The summed E-state index contributed by atoms with van der Waals surface area (Å²) in [5.74, 6) is 0. The molecule has 0 aromatic heterocycles. The van der Waals surface area contributed by atoms with Crippen molar-refractivity contribution in [3.63, 3.8) is 0 Å². The van der Waals surface area contributed by atoms with Gasteiger partial charge in [-0.15, -0.1) is 0 Å². The third kappa shape index (κ3) is 107. The Labute approximate surface area is 52.6 Å². The Kier molecular flexibility index (Phi) is 4.79. The summed E-state index contributed by atoms with van der Waals surface area (Å²) < 4.78 is 34.4. The molecule has 0 saturated carbocycles. The molecule has 0 rings (SSSR count). The number of hydrogen-bond donors (Lipinski definition) is 0. The van der Waals surface area contributed by atoms with Gasteiger partial charge in [-0.1, -0.05) is 0 Å². The molecular formula is MgO4Se. The molecule has 0 aliphatic carbocycles. The molecule has 0 amide bonds. The monoisotopic (exact) mass is 168 g/mol. The van der Waals surface area contributed by atoms with E-state index in [1.54, 1.807) is 0 Å². The first-order chi connectivity index (χ1) is 2.00. The molecule has 0 aromatic carbocycles. The second-order valence-electron chi connectivity index (χ2n) is 0.408. The SMILES string of the molecule is O=[Se](=O)([O-])[O-].[Mg+2]. The predicted molar refractivity (Wildman–Crippen MR) is 12.9 cm³/mol. The summed E-state index contributed by atoms with van der Waals surface area (Å²) in [7, 11) is 0. The van der Waals surface area contributed by atoms with E-state index in [2.05, 4.69) is 0 Å². The van der Waals surface area contributed by atoms with Gasteiger partial charge in [-0.3, -0.25) is 0 Å². The van der Waals surface area contributed by atoms with Gasteiger partial charge < -0.3 is 0 Å². The molecule has 6 heavy (non-hydrogen) atoms. The average Bonchev–Trinajstić information content (AvgIpc) is 0.722. The second kappa shape index (κ2) is 2.89. The van der Waals surface area contributed by atoms with E-state index in [0.29, 0.717) is 0 Å². The van der Waals surface area contributed by atoms with Crippen LogP contribution in [0, 0.1) is 0 Å². The Bertz CT molecular complexity index is 90.7. The first kappa shape index (κ1) is 9.93. The fraction of sp³-hybridized carbons (Fsp3) is 0. The summed E-state index contributed by atoms with van der Waals surface area (Å²) in [5, 5.41) is 0. The van der Waals surface area contributed by atoms with E-state index >= 15 is 0 Å². The van der Waals surface area contributed by atoms with Crippen molar-refractivity contribution in [2.75, 3.05) is 0 Å². The fourth-order valence-corrected chi connectivity index (χ4v) is 0. The van der Waals surface area contributed by atoms with Crippen molar-refractivity contribution in [3.05, 3.63) is 0 Å². The predicted octanol–water partition coefficient (Wildman–Crippen LogP) is -3.38. The minimum absolute atomic E-state index is 0. The van der Waals surface area contributed by atoms with Gasteiger partial charge in [-0.25, -0.2) is 0 Å². The standard InChI is InChI=1S/Mg.H2O4Se/c;1-5(2,3)4/h;(H2,1,2,3,4)/q+2;/p-2. The molecule has 0 N–H and O–H groups in total. The summed E-state index contributed by atoms with van der Waals surface area (Å²) in [5.41, 5.74) is 0. The molecule has 32 valence electrons. The van der Waals surface area contributed by atoms with E-state index in [1.165, 1.54) is 0 Å². The molecule has 0 bridgehead atoms. The van der Waals surface area contributed by atoms with E-state index in [9.17, 15) is 0 Å². The van der Waals surface area contributed by atoms with Crippen molar-refractivity contribution >= 4 is 36.4 Å². The van der Waals surface area contributed by atoms with Crippen LogP contribution in [0.3, 0.4) is 0 Å². The molecule has 0 heterocycles. The van der Waals surface area contributed by atoms with Crippen LogP contribution in [-0.4, -0.2) is 36.4 Å². The summed E-state index contributed by atoms with van der Waals surface area (Å²) in [6, 6.07) is 0. The van der Waals surface area contributed by atoms with Gasteiger partial charge in [-0.05, 0) is 0 Å². The van der Waals surface area contributed by atoms with Gasteiger partial charge in [0.25, 0.3) is 0 Å². The van der Waals surface area contributed by atoms with E-state index in [4.69, 9.17) is 16.0 Å². The van der Waals surface area contributed by atoms with Crippen LogP contribution < -0.4 is 8.38 Å². The number of hydrogen-bond acceptors (Lipinski definition) is 4. The van der Waals surface area contributed by atoms with Gasteiger partial charge in [0.15, 0.2) is 0 Å². The van der Waals surface area contributed by atoms with Gasteiger partial charge in [0.1, 0.15) is 0 Å². The summed E-state index contributed by atoms with van der Waals surface area (Å²) in [4.78, 5) is 0. The van der Waals surface area contributed by atoms with E-state index < -0.39 is 13.4 Å². The maximum Gasteiger partial charge on any atom is 2.00 e. The van der Waals surface area contributed by atoms with Crippen LogP contribution in [0.25, 0.3) is 0 Å². The van der Waals surface area contributed by atoms with Crippen LogP contribution in [0.1, 0.15) is 0 Å². The maximum atomic E-state index is 8.59. The van der Waals surface area contributed by atoms with Crippen molar-refractivity contribution in [1.82, 2.24) is 0 Å².